The predicted octanol–water partition coefficient (Wildman–Crippen LogP) is 6.55. The van der Waals surface area contributed by atoms with E-state index in [1.165, 1.54) is 0 Å². The predicted molar refractivity (Wildman–Crippen MR) is 161 cm³/mol. The van der Waals surface area contributed by atoms with Crippen molar-refractivity contribution in [2.75, 3.05) is 12.8 Å². The second kappa shape index (κ2) is 8.90. The molecule has 1 heterocycles. The quantitative estimate of drug-likeness (QED) is 0.244. The molecule has 3 aliphatic rings. The van der Waals surface area contributed by atoms with Crippen LogP contribution >= 0.6 is 14.3 Å². The van der Waals surface area contributed by atoms with Gasteiger partial charge in [0, 0.05) is 38.2 Å². The van der Waals surface area contributed by atoms with Crippen molar-refractivity contribution < 1.29 is 13.9 Å². The third kappa shape index (κ3) is 3.22. The molecule has 39 heavy (non-hydrogen) atoms. The van der Waals surface area contributed by atoms with E-state index in [2.05, 4.69) is 6.92 Å². The van der Waals surface area contributed by atoms with E-state index in [-0.39, 0.29) is 5.41 Å². The topological polar surface area (TPSA) is 43.4 Å². The SMILES string of the molecule is C[C@]12CO[C@]3(P(=O)(c4ccccc4)c4ccccc4)C[C@H]1CC[C@]23CP(=O)(c1ccccc1)c1ccccc1. The summed E-state index contributed by atoms with van der Waals surface area (Å²) in [6, 6.07) is 39.8. The van der Waals surface area contributed by atoms with Gasteiger partial charge in [-0.1, -0.05) is 128 Å². The van der Waals surface area contributed by atoms with Gasteiger partial charge in [-0.15, -0.1) is 0 Å². The Bertz CT molecular complexity index is 1500. The van der Waals surface area contributed by atoms with Crippen LogP contribution in [0.4, 0.5) is 0 Å². The summed E-state index contributed by atoms with van der Waals surface area (Å²) in [6.45, 7) is 2.89. The van der Waals surface area contributed by atoms with E-state index in [0.29, 0.717) is 18.7 Å². The highest BCUT2D eigenvalue weighted by Gasteiger charge is 2.83. The molecule has 0 aromatic heterocycles. The fourth-order valence-corrected chi connectivity index (χ4v) is 16.2. The van der Waals surface area contributed by atoms with Crippen LogP contribution in [0.3, 0.4) is 0 Å². The van der Waals surface area contributed by atoms with Crippen molar-refractivity contribution in [3.63, 3.8) is 0 Å². The first-order valence-corrected chi connectivity index (χ1v) is 17.6. The summed E-state index contributed by atoms with van der Waals surface area (Å²) in [5, 5.41) is 2.50. The summed E-state index contributed by atoms with van der Waals surface area (Å²) in [6.07, 6.45) is 3.15. The van der Waals surface area contributed by atoms with Gasteiger partial charge in [0.15, 0.2) is 7.14 Å². The maximum Gasteiger partial charge on any atom is 0.174 e. The molecule has 0 radical (unpaired) electrons. The van der Waals surface area contributed by atoms with Crippen LogP contribution < -0.4 is 21.2 Å². The van der Waals surface area contributed by atoms with Crippen molar-refractivity contribution in [1.29, 1.82) is 0 Å². The van der Waals surface area contributed by atoms with E-state index < -0.39 is 25.0 Å². The molecule has 4 aromatic rings. The monoisotopic (exact) mass is 552 g/mol. The molecule has 4 bridgehead atoms. The Morgan fingerprint density at radius 3 is 1.59 bits per heavy atom. The normalized spacial score (nSPS) is 29.5. The Hall–Kier alpha value is -2.70. The van der Waals surface area contributed by atoms with Gasteiger partial charge in [-0.2, -0.15) is 0 Å². The molecule has 2 aliphatic carbocycles. The van der Waals surface area contributed by atoms with E-state index >= 15 is 9.13 Å². The highest BCUT2D eigenvalue weighted by Crippen LogP contribution is 2.86. The molecule has 4 atom stereocenters. The Morgan fingerprint density at radius 1 is 0.692 bits per heavy atom. The van der Waals surface area contributed by atoms with Gasteiger partial charge in [0.05, 0.1) is 6.61 Å². The third-order valence-electron chi connectivity index (χ3n) is 10.4. The number of rotatable bonds is 7. The maximum atomic E-state index is 16.1. The average Bonchev–Trinajstić information content (AvgIpc) is 3.51. The van der Waals surface area contributed by atoms with Gasteiger partial charge in [0.1, 0.15) is 12.5 Å². The molecule has 5 heteroatoms. The van der Waals surface area contributed by atoms with E-state index in [1.54, 1.807) is 0 Å². The van der Waals surface area contributed by atoms with Gasteiger partial charge in [0.25, 0.3) is 0 Å². The fourth-order valence-electron chi connectivity index (χ4n) is 8.43. The third-order valence-corrected chi connectivity index (χ3v) is 17.4. The lowest BCUT2D eigenvalue weighted by atomic mass is 9.70. The second-order valence-electron chi connectivity index (χ2n) is 11.9. The van der Waals surface area contributed by atoms with Crippen LogP contribution in [0.1, 0.15) is 26.2 Å². The minimum absolute atomic E-state index is 0.189. The number of benzene rings is 4. The molecule has 1 saturated heterocycles. The van der Waals surface area contributed by atoms with Crippen molar-refractivity contribution in [1.82, 2.24) is 0 Å². The summed E-state index contributed by atoms with van der Waals surface area (Å²) in [5.41, 5.74) is -0.682. The standard InChI is InChI=1S/C34H34O3P2/c1-32-25-37-34(39(36,30-18-10-4-11-19-30)31-20-12-5-13-21-31)24-27(32)22-23-33(32,34)26-38(35,28-14-6-2-7-15-28)29-16-8-3-9-17-29/h2-21,27H,22-26H2,1H3/t27-,32+,33+,34+/m1/s1. The van der Waals surface area contributed by atoms with Gasteiger partial charge < -0.3 is 13.9 Å². The van der Waals surface area contributed by atoms with E-state index in [9.17, 15) is 0 Å². The molecule has 0 spiro atoms. The average molecular weight is 553 g/mol. The minimum atomic E-state index is -3.32. The van der Waals surface area contributed by atoms with Crippen LogP contribution in [0.25, 0.3) is 0 Å². The highest BCUT2D eigenvalue weighted by molar-refractivity contribution is 7.80. The zero-order chi connectivity index (χ0) is 26.8. The second-order valence-corrected chi connectivity index (χ2v) is 17.7. The van der Waals surface area contributed by atoms with Gasteiger partial charge in [-0.25, -0.2) is 0 Å². The molecular weight excluding hydrogens is 518 g/mol. The smallest absolute Gasteiger partial charge is 0.174 e. The van der Waals surface area contributed by atoms with Crippen molar-refractivity contribution in [3.05, 3.63) is 121 Å². The lowest BCUT2D eigenvalue weighted by molar-refractivity contribution is -0.0218. The van der Waals surface area contributed by atoms with Crippen LogP contribution in [-0.4, -0.2) is 18.1 Å². The summed E-state index contributed by atoms with van der Waals surface area (Å²) in [5.74, 6) is 0.395. The molecule has 2 saturated carbocycles. The van der Waals surface area contributed by atoms with Gasteiger partial charge in [-0.3, -0.25) is 0 Å². The molecule has 4 aromatic carbocycles. The molecule has 3 nitrogen and oxygen atoms in total. The maximum absolute atomic E-state index is 16.1. The molecule has 1 aliphatic heterocycles. The summed E-state index contributed by atoms with van der Waals surface area (Å²) >= 11 is 0. The van der Waals surface area contributed by atoms with Gasteiger partial charge in [0.2, 0.25) is 0 Å². The first kappa shape index (κ1) is 25.3. The van der Waals surface area contributed by atoms with E-state index in [0.717, 1.165) is 40.5 Å². The first-order chi connectivity index (χ1) is 18.9. The molecule has 0 N–H and O–H groups in total. The Balaban J connectivity index is 1.49. The van der Waals surface area contributed by atoms with E-state index in [4.69, 9.17) is 4.74 Å². The largest absolute Gasteiger partial charge is 0.365 e. The highest BCUT2D eigenvalue weighted by atomic mass is 31.2. The molecule has 0 amide bonds. The van der Waals surface area contributed by atoms with Crippen LogP contribution in [-0.2, 0) is 13.9 Å². The van der Waals surface area contributed by atoms with E-state index in [1.807, 2.05) is 121 Å². The summed E-state index contributed by atoms with van der Waals surface area (Å²) in [7, 11) is -6.43. The van der Waals surface area contributed by atoms with Crippen molar-refractivity contribution in [3.8, 4) is 0 Å². The van der Waals surface area contributed by atoms with Crippen LogP contribution in [0.2, 0.25) is 0 Å². The minimum Gasteiger partial charge on any atom is -0.365 e. The molecular formula is C34H34O3P2. The van der Waals surface area contributed by atoms with Crippen LogP contribution in [0.15, 0.2) is 121 Å². The molecule has 198 valence electrons. The Morgan fingerprint density at radius 2 is 1.13 bits per heavy atom. The first-order valence-electron chi connectivity index (χ1n) is 14.0. The van der Waals surface area contributed by atoms with Gasteiger partial charge >= 0.3 is 0 Å². The Labute approximate surface area is 231 Å². The number of hydrogen-bond donors (Lipinski definition) is 0. The lowest BCUT2D eigenvalue weighted by Gasteiger charge is -2.49. The van der Waals surface area contributed by atoms with Crippen molar-refractivity contribution in [2.24, 2.45) is 16.7 Å². The number of hydrogen-bond acceptors (Lipinski definition) is 3. The number of ether oxygens (including phenoxy) is 1. The summed E-state index contributed by atoms with van der Waals surface area (Å²) in [4.78, 5) is 0. The Kier molecular flexibility index (Phi) is 5.77. The molecule has 7 rings (SSSR count). The van der Waals surface area contributed by atoms with Crippen molar-refractivity contribution in [2.45, 2.75) is 31.5 Å². The fraction of sp³-hybridized carbons (Fsp3) is 0.294. The zero-order valence-electron chi connectivity index (χ0n) is 22.3. The van der Waals surface area contributed by atoms with Gasteiger partial charge in [-0.05, 0) is 25.2 Å². The molecule has 3 fully saturated rings. The van der Waals surface area contributed by atoms with Crippen molar-refractivity contribution >= 4 is 35.5 Å². The zero-order valence-corrected chi connectivity index (χ0v) is 24.1. The summed E-state index contributed by atoms with van der Waals surface area (Å²) < 4.78 is 38.7. The molecule has 0 unspecified atom stereocenters. The van der Waals surface area contributed by atoms with Crippen LogP contribution in [0.5, 0.6) is 0 Å². The lowest BCUT2D eigenvalue weighted by Crippen LogP contribution is -2.52. The van der Waals surface area contributed by atoms with Crippen LogP contribution in [0, 0.1) is 16.7 Å².